The maximum absolute atomic E-state index is 7.14. The monoisotopic (exact) mass is 994 g/mol. The standard InChI is InChI=1S/C73H46N4O/c1-45-18-2-3-19-48(45)49-20-4-5-21-50(49)52-23-7-12-28-57(52)63-39-40-66-59-30-14-9-24-53(59)51-22-6-11-27-56(51)61-37-35-46(42-68(61)76-44-75-70(63)72(66)76)78-47-36-38-62-65-33-16-32-64-58-29-13-8-25-54(58)55-26-10-15-31-60(55)67-34-17-41-74-73(67)77(71(64)65)69(62)43-47/h2-44H,1H3. The molecule has 364 valence electrons. The van der Waals surface area contributed by atoms with Gasteiger partial charge in [-0.25, -0.2) is 9.97 Å². The Balaban J connectivity index is 0.950. The molecular formula is C73H46N4O. The normalized spacial score (nSPS) is 11.9. The van der Waals surface area contributed by atoms with E-state index in [9.17, 15) is 0 Å². The van der Waals surface area contributed by atoms with E-state index in [1.807, 2.05) is 18.6 Å². The van der Waals surface area contributed by atoms with Crippen molar-refractivity contribution in [3.05, 3.63) is 267 Å². The van der Waals surface area contributed by atoms with Gasteiger partial charge in [0.2, 0.25) is 0 Å². The molecule has 5 aromatic heterocycles. The van der Waals surface area contributed by atoms with E-state index in [0.29, 0.717) is 5.75 Å². The fourth-order valence-electron chi connectivity index (χ4n) is 12.8. The molecule has 0 atom stereocenters. The molecule has 0 saturated carbocycles. The molecule has 0 aliphatic carbocycles. The fraction of sp³-hybridized carbons (Fsp3) is 0.0137. The maximum Gasteiger partial charge on any atom is 0.145 e. The van der Waals surface area contributed by atoms with Gasteiger partial charge >= 0.3 is 0 Å². The summed E-state index contributed by atoms with van der Waals surface area (Å²) in [4.78, 5) is 10.6. The second-order valence-electron chi connectivity index (χ2n) is 20.4. The third-order valence-corrected chi connectivity index (χ3v) is 16.2. The van der Waals surface area contributed by atoms with Crippen LogP contribution in [-0.2, 0) is 0 Å². The minimum atomic E-state index is 0.711. The zero-order chi connectivity index (χ0) is 51.4. The summed E-state index contributed by atoms with van der Waals surface area (Å²) in [6.07, 6.45) is 3.92. The molecule has 16 aromatic rings. The van der Waals surface area contributed by atoms with Gasteiger partial charge in [0.15, 0.2) is 0 Å². The highest BCUT2D eigenvalue weighted by Gasteiger charge is 2.21. The first-order chi connectivity index (χ1) is 38.6. The summed E-state index contributed by atoms with van der Waals surface area (Å²) >= 11 is 0. The van der Waals surface area contributed by atoms with E-state index in [1.165, 1.54) is 43.8 Å². The number of fused-ring (bicyclic) bond motifs is 17. The summed E-state index contributed by atoms with van der Waals surface area (Å²) in [6.45, 7) is 2.19. The number of nitrogens with zero attached hydrogens (tertiary/aromatic N) is 4. The Morgan fingerprint density at radius 3 is 1.31 bits per heavy atom. The first-order valence-electron chi connectivity index (χ1n) is 26.6. The average molecular weight is 995 g/mol. The molecule has 5 heteroatoms. The van der Waals surface area contributed by atoms with Crippen molar-refractivity contribution < 1.29 is 4.74 Å². The molecule has 0 unspecified atom stereocenters. The van der Waals surface area contributed by atoms with E-state index in [-0.39, 0.29) is 0 Å². The fourth-order valence-corrected chi connectivity index (χ4v) is 12.8. The molecule has 78 heavy (non-hydrogen) atoms. The number of benzene rings is 11. The van der Waals surface area contributed by atoms with Gasteiger partial charge in [-0.3, -0.25) is 8.80 Å². The minimum Gasteiger partial charge on any atom is -0.457 e. The van der Waals surface area contributed by atoms with E-state index in [0.717, 1.165) is 110 Å². The van der Waals surface area contributed by atoms with Gasteiger partial charge in [-0.2, -0.15) is 0 Å². The highest BCUT2D eigenvalue weighted by atomic mass is 16.5. The second kappa shape index (κ2) is 17.4. The van der Waals surface area contributed by atoms with Crippen LogP contribution in [0, 0.1) is 6.92 Å². The number of hydrogen-bond acceptors (Lipinski definition) is 3. The smallest absolute Gasteiger partial charge is 0.145 e. The molecule has 0 bridgehead atoms. The van der Waals surface area contributed by atoms with Gasteiger partial charge in [-0.1, -0.05) is 200 Å². The van der Waals surface area contributed by atoms with Crippen molar-refractivity contribution >= 4 is 109 Å². The highest BCUT2D eigenvalue weighted by Crippen LogP contribution is 2.45. The molecule has 0 N–H and O–H groups in total. The number of aromatic nitrogens is 4. The number of aryl methyl sites for hydroxylation is 1. The van der Waals surface area contributed by atoms with Crippen LogP contribution < -0.4 is 4.74 Å². The van der Waals surface area contributed by atoms with Gasteiger partial charge < -0.3 is 4.74 Å². The molecule has 0 radical (unpaired) electrons. The van der Waals surface area contributed by atoms with Crippen LogP contribution in [0.5, 0.6) is 11.5 Å². The predicted octanol–water partition coefficient (Wildman–Crippen LogP) is 19.6. The van der Waals surface area contributed by atoms with Crippen LogP contribution in [0.2, 0.25) is 0 Å². The van der Waals surface area contributed by atoms with Crippen LogP contribution in [-0.4, -0.2) is 18.8 Å². The first-order valence-corrected chi connectivity index (χ1v) is 26.6. The van der Waals surface area contributed by atoms with E-state index in [1.54, 1.807) is 0 Å². The average Bonchev–Trinajstić information content (AvgIpc) is 4.15. The topological polar surface area (TPSA) is 43.8 Å². The lowest BCUT2D eigenvalue weighted by atomic mass is 9.87. The Hall–Kier alpha value is -10.4. The van der Waals surface area contributed by atoms with Gasteiger partial charge in [0.1, 0.15) is 23.5 Å². The summed E-state index contributed by atoms with van der Waals surface area (Å²) in [5.41, 5.74) is 14.1. The van der Waals surface area contributed by atoms with Gasteiger partial charge in [0.25, 0.3) is 0 Å². The summed E-state index contributed by atoms with van der Waals surface area (Å²) in [7, 11) is 0. The van der Waals surface area contributed by atoms with E-state index in [4.69, 9.17) is 14.7 Å². The SMILES string of the molecule is Cc1ccccc1-c1ccccc1-c1ccccc1-c1ccc2c3ccccc3c3ccccc3c3ccc(Oc4ccc5c6cccc7c8ccccc8c8ccccc8c8cccnc8n(c5c4)c76)cc3n3cnc1c23. The van der Waals surface area contributed by atoms with Crippen molar-refractivity contribution in [2.75, 3.05) is 0 Å². The molecule has 0 amide bonds. The highest BCUT2D eigenvalue weighted by molar-refractivity contribution is 6.26. The van der Waals surface area contributed by atoms with Crippen LogP contribution in [0.4, 0.5) is 0 Å². The predicted molar refractivity (Wildman–Crippen MR) is 327 cm³/mol. The molecule has 0 aliphatic rings. The Bertz CT molecular complexity index is 5280. The van der Waals surface area contributed by atoms with E-state index < -0.39 is 0 Å². The quantitative estimate of drug-likeness (QED) is 0.173. The largest absolute Gasteiger partial charge is 0.457 e. The van der Waals surface area contributed by atoms with Gasteiger partial charge in [0, 0.05) is 56.2 Å². The lowest BCUT2D eigenvalue weighted by molar-refractivity contribution is 0.484. The molecular weight excluding hydrogens is 949 g/mol. The van der Waals surface area contributed by atoms with Crippen LogP contribution >= 0.6 is 0 Å². The van der Waals surface area contributed by atoms with Crippen molar-refractivity contribution in [2.45, 2.75) is 6.92 Å². The van der Waals surface area contributed by atoms with Crippen molar-refractivity contribution in [1.82, 2.24) is 18.8 Å². The molecule has 0 spiro atoms. The number of imidazole rings is 1. The molecule has 16 rings (SSSR count). The van der Waals surface area contributed by atoms with Crippen LogP contribution in [0.1, 0.15) is 5.56 Å². The Kier molecular flexibility index (Phi) is 9.78. The summed E-state index contributed by atoms with van der Waals surface area (Å²) in [5, 5.41) is 16.0. The first kappa shape index (κ1) is 44.0. The Morgan fingerprint density at radius 2 is 0.718 bits per heavy atom. The van der Waals surface area contributed by atoms with Crippen molar-refractivity contribution in [3.63, 3.8) is 0 Å². The zero-order valence-corrected chi connectivity index (χ0v) is 42.5. The Morgan fingerprint density at radius 1 is 0.308 bits per heavy atom. The van der Waals surface area contributed by atoms with E-state index in [2.05, 4.69) is 258 Å². The maximum atomic E-state index is 7.14. The summed E-state index contributed by atoms with van der Waals surface area (Å²) < 4.78 is 11.8. The van der Waals surface area contributed by atoms with Crippen LogP contribution in [0.15, 0.2) is 261 Å². The Labute approximate surface area is 448 Å². The van der Waals surface area contributed by atoms with E-state index >= 15 is 0 Å². The van der Waals surface area contributed by atoms with Gasteiger partial charge in [0.05, 0.1) is 27.6 Å². The number of pyridine rings is 1. The summed E-state index contributed by atoms with van der Waals surface area (Å²) in [5.74, 6) is 1.43. The second-order valence-corrected chi connectivity index (χ2v) is 20.4. The van der Waals surface area contributed by atoms with Crippen LogP contribution in [0.3, 0.4) is 0 Å². The molecule has 0 aliphatic heterocycles. The lowest BCUT2D eigenvalue weighted by Gasteiger charge is -2.16. The molecule has 0 fully saturated rings. The molecule has 5 heterocycles. The van der Waals surface area contributed by atoms with Crippen molar-refractivity contribution in [3.8, 4) is 44.9 Å². The number of rotatable bonds is 5. The van der Waals surface area contributed by atoms with Crippen molar-refractivity contribution in [1.29, 1.82) is 0 Å². The third-order valence-electron chi connectivity index (χ3n) is 16.2. The zero-order valence-electron chi connectivity index (χ0n) is 42.5. The van der Waals surface area contributed by atoms with Gasteiger partial charge in [-0.05, 0) is 120 Å². The molecule has 11 aromatic carbocycles. The lowest BCUT2D eigenvalue weighted by Crippen LogP contribution is -1.92. The van der Waals surface area contributed by atoms with Crippen LogP contribution in [0.25, 0.3) is 142 Å². The third kappa shape index (κ3) is 6.61. The number of ether oxygens (including phenoxy) is 1. The minimum absolute atomic E-state index is 0.711. The summed E-state index contributed by atoms with van der Waals surface area (Å²) in [6, 6.07) is 89.8. The van der Waals surface area contributed by atoms with Crippen molar-refractivity contribution in [2.24, 2.45) is 0 Å². The number of hydrogen-bond donors (Lipinski definition) is 0. The molecule has 5 nitrogen and oxygen atoms in total. The number of para-hydroxylation sites is 1. The molecule has 0 saturated heterocycles. The van der Waals surface area contributed by atoms with Gasteiger partial charge in [-0.15, -0.1) is 0 Å².